The van der Waals surface area contributed by atoms with Gasteiger partial charge >= 0.3 is 0 Å². The van der Waals surface area contributed by atoms with E-state index in [9.17, 15) is 0 Å². The Morgan fingerprint density at radius 3 is 2.50 bits per heavy atom. The van der Waals surface area contributed by atoms with Gasteiger partial charge in [0.1, 0.15) is 6.61 Å². The maximum Gasteiger partial charge on any atom is 0.158 e. The first-order valence-electron chi connectivity index (χ1n) is 6.11. The summed E-state index contributed by atoms with van der Waals surface area (Å²) >= 11 is 0. The first-order valence-corrected chi connectivity index (χ1v) is 6.11. The fraction of sp³-hybridized carbons (Fsp3) is 0.833. The summed E-state index contributed by atoms with van der Waals surface area (Å²) in [4.78, 5) is 0. The fourth-order valence-electron chi connectivity index (χ4n) is 1.89. The molecule has 1 aliphatic rings. The molecular formula is C12H24N2O2. The van der Waals surface area contributed by atoms with Crippen molar-refractivity contribution >= 4 is 0 Å². The van der Waals surface area contributed by atoms with Crippen molar-refractivity contribution in [1.29, 1.82) is 0 Å². The summed E-state index contributed by atoms with van der Waals surface area (Å²) in [5.41, 5.74) is 12.2. The van der Waals surface area contributed by atoms with Crippen LogP contribution in [-0.2, 0) is 9.47 Å². The van der Waals surface area contributed by atoms with E-state index in [-0.39, 0.29) is 6.10 Å². The smallest absolute Gasteiger partial charge is 0.158 e. The number of hydrogen-bond donors (Lipinski definition) is 2. The topological polar surface area (TPSA) is 70.5 Å². The number of rotatable bonds is 6. The molecule has 0 aromatic carbocycles. The third-order valence-electron chi connectivity index (χ3n) is 2.93. The summed E-state index contributed by atoms with van der Waals surface area (Å²) in [6.07, 6.45) is 4.84. The Morgan fingerprint density at radius 1 is 1.25 bits per heavy atom. The molecule has 0 saturated heterocycles. The van der Waals surface area contributed by atoms with Crippen molar-refractivity contribution in [2.24, 2.45) is 11.5 Å². The van der Waals surface area contributed by atoms with Gasteiger partial charge in [-0.2, -0.15) is 0 Å². The van der Waals surface area contributed by atoms with E-state index in [0.717, 1.165) is 25.0 Å². The van der Waals surface area contributed by atoms with Gasteiger partial charge in [0.15, 0.2) is 6.35 Å². The zero-order valence-corrected chi connectivity index (χ0v) is 10.4. The Labute approximate surface area is 98.0 Å². The molecule has 0 bridgehead atoms. The van der Waals surface area contributed by atoms with Gasteiger partial charge in [0.05, 0.1) is 11.9 Å². The van der Waals surface area contributed by atoms with E-state index in [4.69, 9.17) is 20.9 Å². The molecule has 1 unspecified atom stereocenters. The molecule has 0 aromatic heterocycles. The lowest BCUT2D eigenvalue weighted by Gasteiger charge is -2.23. The minimum absolute atomic E-state index is 0.0118. The van der Waals surface area contributed by atoms with Crippen LogP contribution in [0.2, 0.25) is 0 Å². The summed E-state index contributed by atoms with van der Waals surface area (Å²) in [6.45, 7) is 4.73. The molecule has 4 nitrogen and oxygen atoms in total. The maximum atomic E-state index is 5.79. The fourth-order valence-corrected chi connectivity index (χ4v) is 1.89. The molecule has 0 aromatic rings. The van der Waals surface area contributed by atoms with E-state index < -0.39 is 6.35 Å². The molecule has 0 amide bonds. The summed E-state index contributed by atoms with van der Waals surface area (Å²) in [6, 6.07) is 0. The number of nitrogens with two attached hydrogens (primary N) is 2. The van der Waals surface area contributed by atoms with Crippen LogP contribution in [-0.4, -0.2) is 19.1 Å². The molecular weight excluding hydrogens is 204 g/mol. The molecule has 1 atom stereocenters. The molecule has 0 heterocycles. The highest BCUT2D eigenvalue weighted by Crippen LogP contribution is 2.25. The van der Waals surface area contributed by atoms with Crippen LogP contribution >= 0.6 is 0 Å². The molecule has 1 rings (SSSR count). The Kier molecular flexibility index (Phi) is 5.80. The van der Waals surface area contributed by atoms with Gasteiger partial charge in [-0.15, -0.1) is 0 Å². The molecule has 16 heavy (non-hydrogen) atoms. The molecule has 0 saturated carbocycles. The first kappa shape index (κ1) is 13.5. The van der Waals surface area contributed by atoms with Crippen LogP contribution in [0.15, 0.2) is 11.3 Å². The number of allylic oxidation sites excluding steroid dienone is 2. The number of hydrogen-bond acceptors (Lipinski definition) is 4. The quantitative estimate of drug-likeness (QED) is 0.681. The SMILES string of the molecule is CCC(COC1=C(C)CCCC1)OC(N)N. The lowest BCUT2D eigenvalue weighted by Crippen LogP contribution is -2.38. The molecule has 4 heteroatoms. The van der Waals surface area contributed by atoms with Gasteiger partial charge in [-0.25, -0.2) is 0 Å². The van der Waals surface area contributed by atoms with Crippen LogP contribution in [0.1, 0.15) is 46.0 Å². The molecule has 0 fully saturated rings. The van der Waals surface area contributed by atoms with Crippen LogP contribution in [0.4, 0.5) is 0 Å². The Hall–Kier alpha value is -0.580. The zero-order valence-electron chi connectivity index (χ0n) is 10.4. The molecule has 94 valence electrons. The van der Waals surface area contributed by atoms with E-state index in [2.05, 4.69) is 6.92 Å². The second-order valence-corrected chi connectivity index (χ2v) is 4.35. The van der Waals surface area contributed by atoms with Crippen LogP contribution in [0.25, 0.3) is 0 Å². The summed E-state index contributed by atoms with van der Waals surface area (Å²) in [7, 11) is 0. The van der Waals surface area contributed by atoms with Crippen molar-refractivity contribution in [3.63, 3.8) is 0 Å². The first-order chi connectivity index (χ1) is 7.63. The minimum Gasteiger partial charge on any atom is -0.495 e. The molecule has 4 N–H and O–H groups in total. The van der Waals surface area contributed by atoms with Gasteiger partial charge in [-0.1, -0.05) is 6.92 Å². The third kappa shape index (κ3) is 4.51. The highest BCUT2D eigenvalue weighted by molar-refractivity contribution is 5.08. The average molecular weight is 228 g/mol. The molecule has 0 aliphatic heterocycles. The van der Waals surface area contributed by atoms with Crippen molar-refractivity contribution in [1.82, 2.24) is 0 Å². The Balaban J connectivity index is 2.36. The maximum absolute atomic E-state index is 5.79. The van der Waals surface area contributed by atoms with Crippen LogP contribution in [0.5, 0.6) is 0 Å². The van der Waals surface area contributed by atoms with E-state index in [1.165, 1.54) is 18.4 Å². The summed E-state index contributed by atoms with van der Waals surface area (Å²) in [5, 5.41) is 0. The van der Waals surface area contributed by atoms with Gasteiger partial charge in [-0.3, -0.25) is 11.5 Å². The van der Waals surface area contributed by atoms with E-state index >= 15 is 0 Å². The Morgan fingerprint density at radius 2 is 1.94 bits per heavy atom. The van der Waals surface area contributed by atoms with Crippen molar-refractivity contribution in [2.45, 2.75) is 58.4 Å². The lowest BCUT2D eigenvalue weighted by molar-refractivity contribution is -0.0435. The molecule has 0 spiro atoms. The van der Waals surface area contributed by atoms with E-state index in [1.807, 2.05) is 6.92 Å². The summed E-state index contributed by atoms with van der Waals surface area (Å²) in [5.74, 6) is 1.14. The van der Waals surface area contributed by atoms with Crippen LogP contribution < -0.4 is 11.5 Å². The number of ether oxygens (including phenoxy) is 2. The second kappa shape index (κ2) is 6.89. The van der Waals surface area contributed by atoms with Gasteiger partial charge in [-0.05, 0) is 38.2 Å². The minimum atomic E-state index is -0.713. The molecule has 1 aliphatic carbocycles. The predicted octanol–water partition coefficient (Wildman–Crippen LogP) is 1.85. The molecule has 0 radical (unpaired) electrons. The normalized spacial score (nSPS) is 19.1. The van der Waals surface area contributed by atoms with Gasteiger partial charge in [0.2, 0.25) is 0 Å². The van der Waals surface area contributed by atoms with Crippen LogP contribution in [0, 0.1) is 0 Å². The van der Waals surface area contributed by atoms with Gasteiger partial charge < -0.3 is 9.47 Å². The van der Waals surface area contributed by atoms with Crippen molar-refractivity contribution in [2.75, 3.05) is 6.61 Å². The van der Waals surface area contributed by atoms with Crippen molar-refractivity contribution in [3.05, 3.63) is 11.3 Å². The monoisotopic (exact) mass is 228 g/mol. The van der Waals surface area contributed by atoms with Gasteiger partial charge in [0, 0.05) is 6.42 Å². The summed E-state index contributed by atoms with van der Waals surface area (Å²) < 4.78 is 11.1. The predicted molar refractivity (Wildman–Crippen MR) is 64.4 cm³/mol. The standard InChI is InChI=1S/C12H24N2O2/c1-3-10(16-12(13)14)8-15-11-7-5-4-6-9(11)2/h10,12H,3-8,13-14H2,1-2H3. The third-order valence-corrected chi connectivity index (χ3v) is 2.93. The van der Waals surface area contributed by atoms with Crippen molar-refractivity contribution < 1.29 is 9.47 Å². The average Bonchev–Trinajstić information content (AvgIpc) is 2.25. The highest BCUT2D eigenvalue weighted by Gasteiger charge is 2.14. The highest BCUT2D eigenvalue weighted by atomic mass is 16.6. The lowest BCUT2D eigenvalue weighted by atomic mass is 9.99. The Bertz CT molecular complexity index is 239. The van der Waals surface area contributed by atoms with E-state index in [1.54, 1.807) is 0 Å². The second-order valence-electron chi connectivity index (χ2n) is 4.35. The van der Waals surface area contributed by atoms with E-state index in [0.29, 0.717) is 6.61 Å². The largest absolute Gasteiger partial charge is 0.495 e. The zero-order chi connectivity index (χ0) is 12.0. The van der Waals surface area contributed by atoms with Gasteiger partial charge in [0.25, 0.3) is 0 Å². The van der Waals surface area contributed by atoms with Crippen molar-refractivity contribution in [3.8, 4) is 0 Å². The van der Waals surface area contributed by atoms with Crippen LogP contribution in [0.3, 0.4) is 0 Å².